The molecule has 0 saturated carbocycles. The highest BCUT2D eigenvalue weighted by Gasteiger charge is 2.16. The SMILES string of the molecule is Cc1cc(C(O)CCN)c(O)c(Cl)c1C. The van der Waals surface area contributed by atoms with Gasteiger partial charge in [0.15, 0.2) is 0 Å². The fraction of sp³-hybridized carbons (Fsp3) is 0.455. The standard InChI is InChI=1S/C11H16ClNO2/c1-6-5-8(9(14)3-4-13)11(15)10(12)7(6)2/h5,9,14-15H,3-4,13H2,1-2H3. The minimum atomic E-state index is -0.758. The quantitative estimate of drug-likeness (QED) is 0.743. The van der Waals surface area contributed by atoms with Crippen molar-refractivity contribution in [2.75, 3.05) is 6.54 Å². The highest BCUT2D eigenvalue weighted by Crippen LogP contribution is 2.36. The second-order valence-corrected chi connectivity index (χ2v) is 4.04. The second-order valence-electron chi connectivity index (χ2n) is 3.66. The lowest BCUT2D eigenvalue weighted by Crippen LogP contribution is -2.07. The van der Waals surface area contributed by atoms with Crippen molar-refractivity contribution >= 4 is 11.6 Å². The molecule has 3 nitrogen and oxygen atoms in total. The molecule has 1 atom stereocenters. The van der Waals surface area contributed by atoms with Crippen molar-refractivity contribution in [3.8, 4) is 5.75 Å². The van der Waals surface area contributed by atoms with E-state index in [2.05, 4.69) is 0 Å². The number of phenolic OH excluding ortho intramolecular Hbond substituents is 1. The number of phenols is 1. The molecular weight excluding hydrogens is 214 g/mol. The van der Waals surface area contributed by atoms with E-state index in [4.69, 9.17) is 17.3 Å². The average Bonchev–Trinajstić information content (AvgIpc) is 2.20. The molecule has 84 valence electrons. The normalized spacial score (nSPS) is 12.9. The van der Waals surface area contributed by atoms with E-state index in [9.17, 15) is 10.2 Å². The molecule has 0 aliphatic rings. The van der Waals surface area contributed by atoms with Crippen molar-refractivity contribution in [2.45, 2.75) is 26.4 Å². The number of aliphatic hydroxyl groups is 1. The number of nitrogens with two attached hydrogens (primary N) is 1. The summed E-state index contributed by atoms with van der Waals surface area (Å²) >= 11 is 5.94. The van der Waals surface area contributed by atoms with Crippen molar-refractivity contribution in [1.29, 1.82) is 0 Å². The minimum absolute atomic E-state index is 0.0410. The Kier molecular flexibility index (Phi) is 3.97. The molecule has 0 radical (unpaired) electrons. The van der Waals surface area contributed by atoms with E-state index < -0.39 is 6.10 Å². The van der Waals surface area contributed by atoms with Gasteiger partial charge in [0.2, 0.25) is 0 Å². The topological polar surface area (TPSA) is 66.5 Å². The molecule has 0 bridgehead atoms. The van der Waals surface area contributed by atoms with Crippen LogP contribution in [-0.4, -0.2) is 16.8 Å². The van der Waals surface area contributed by atoms with Gasteiger partial charge in [0.05, 0.1) is 11.1 Å². The summed E-state index contributed by atoms with van der Waals surface area (Å²) in [6, 6.07) is 1.75. The van der Waals surface area contributed by atoms with Crippen LogP contribution in [0, 0.1) is 13.8 Å². The van der Waals surface area contributed by atoms with Crippen molar-refractivity contribution < 1.29 is 10.2 Å². The maximum absolute atomic E-state index is 9.77. The van der Waals surface area contributed by atoms with Crippen LogP contribution in [0.5, 0.6) is 5.75 Å². The molecule has 1 rings (SSSR count). The van der Waals surface area contributed by atoms with Gasteiger partial charge in [0, 0.05) is 5.56 Å². The number of aromatic hydroxyl groups is 1. The smallest absolute Gasteiger partial charge is 0.140 e. The lowest BCUT2D eigenvalue weighted by Gasteiger charge is -2.15. The maximum Gasteiger partial charge on any atom is 0.140 e. The third-order valence-electron chi connectivity index (χ3n) is 2.57. The van der Waals surface area contributed by atoms with Crippen LogP contribution < -0.4 is 5.73 Å². The summed E-state index contributed by atoms with van der Waals surface area (Å²) < 4.78 is 0. The van der Waals surface area contributed by atoms with Crippen LogP contribution in [0.3, 0.4) is 0 Å². The molecule has 1 unspecified atom stereocenters. The molecular formula is C11H16ClNO2. The first-order valence-electron chi connectivity index (χ1n) is 4.85. The number of aliphatic hydroxyl groups excluding tert-OH is 1. The average molecular weight is 230 g/mol. The molecule has 0 aliphatic heterocycles. The molecule has 0 spiro atoms. The third kappa shape index (κ3) is 2.43. The molecule has 0 aromatic heterocycles. The summed E-state index contributed by atoms with van der Waals surface area (Å²) in [4.78, 5) is 0. The van der Waals surface area contributed by atoms with Crippen LogP contribution in [0.4, 0.5) is 0 Å². The van der Waals surface area contributed by atoms with Crippen LogP contribution in [0.2, 0.25) is 5.02 Å². The van der Waals surface area contributed by atoms with Gasteiger partial charge in [-0.1, -0.05) is 11.6 Å². The van der Waals surface area contributed by atoms with Crippen molar-refractivity contribution in [3.05, 3.63) is 27.8 Å². The monoisotopic (exact) mass is 229 g/mol. The van der Waals surface area contributed by atoms with Gasteiger partial charge in [-0.3, -0.25) is 0 Å². The molecule has 1 aromatic rings. The molecule has 1 aromatic carbocycles. The first-order chi connectivity index (χ1) is 6.99. The Morgan fingerprint density at radius 3 is 2.60 bits per heavy atom. The third-order valence-corrected chi connectivity index (χ3v) is 3.04. The van der Waals surface area contributed by atoms with Crippen molar-refractivity contribution in [3.63, 3.8) is 0 Å². The van der Waals surface area contributed by atoms with Crippen LogP contribution in [-0.2, 0) is 0 Å². The number of benzene rings is 1. The van der Waals surface area contributed by atoms with Crippen LogP contribution in [0.1, 0.15) is 29.2 Å². The van der Waals surface area contributed by atoms with E-state index >= 15 is 0 Å². The van der Waals surface area contributed by atoms with E-state index in [-0.39, 0.29) is 5.75 Å². The Labute approximate surface area is 94.5 Å². The Bertz CT molecular complexity index is 366. The lowest BCUT2D eigenvalue weighted by molar-refractivity contribution is 0.166. The van der Waals surface area contributed by atoms with Gasteiger partial charge in [-0.05, 0) is 44.0 Å². The van der Waals surface area contributed by atoms with Gasteiger partial charge in [0.1, 0.15) is 5.75 Å². The first kappa shape index (κ1) is 12.3. The van der Waals surface area contributed by atoms with Crippen LogP contribution in [0.15, 0.2) is 6.07 Å². The molecule has 15 heavy (non-hydrogen) atoms. The summed E-state index contributed by atoms with van der Waals surface area (Å²) in [5, 5.41) is 19.8. The first-order valence-corrected chi connectivity index (χ1v) is 5.23. The van der Waals surface area contributed by atoms with Crippen molar-refractivity contribution in [1.82, 2.24) is 0 Å². The Balaban J connectivity index is 3.19. The Morgan fingerprint density at radius 2 is 2.07 bits per heavy atom. The Hall–Kier alpha value is -0.770. The van der Waals surface area contributed by atoms with Gasteiger partial charge >= 0.3 is 0 Å². The van der Waals surface area contributed by atoms with Gasteiger partial charge in [-0.25, -0.2) is 0 Å². The fourth-order valence-electron chi connectivity index (χ4n) is 1.45. The van der Waals surface area contributed by atoms with E-state index in [1.165, 1.54) is 0 Å². The molecule has 0 amide bonds. The summed E-state index contributed by atoms with van der Waals surface area (Å²) in [6.45, 7) is 4.08. The number of rotatable bonds is 3. The number of hydrogen-bond acceptors (Lipinski definition) is 3. The summed E-state index contributed by atoms with van der Waals surface area (Å²) in [5.41, 5.74) is 7.58. The zero-order chi connectivity index (χ0) is 11.6. The van der Waals surface area contributed by atoms with E-state index in [0.717, 1.165) is 11.1 Å². The molecule has 4 heteroatoms. The minimum Gasteiger partial charge on any atom is -0.506 e. The number of hydrogen-bond donors (Lipinski definition) is 3. The molecule has 0 aliphatic carbocycles. The molecule has 4 N–H and O–H groups in total. The summed E-state index contributed by atoms with van der Waals surface area (Å²) in [7, 11) is 0. The predicted octanol–water partition coefficient (Wildman–Crippen LogP) is 2.04. The van der Waals surface area contributed by atoms with Gasteiger partial charge in [-0.2, -0.15) is 0 Å². The van der Waals surface area contributed by atoms with E-state index in [1.54, 1.807) is 6.07 Å². The highest BCUT2D eigenvalue weighted by atomic mass is 35.5. The molecule has 0 saturated heterocycles. The zero-order valence-electron chi connectivity index (χ0n) is 8.92. The largest absolute Gasteiger partial charge is 0.506 e. The molecule has 0 fully saturated rings. The van der Waals surface area contributed by atoms with E-state index in [1.807, 2.05) is 13.8 Å². The predicted molar refractivity (Wildman–Crippen MR) is 61.2 cm³/mol. The van der Waals surface area contributed by atoms with Gasteiger partial charge in [0.25, 0.3) is 0 Å². The van der Waals surface area contributed by atoms with Gasteiger partial charge in [-0.15, -0.1) is 0 Å². The Morgan fingerprint density at radius 1 is 1.47 bits per heavy atom. The number of halogens is 1. The molecule has 0 heterocycles. The van der Waals surface area contributed by atoms with E-state index in [0.29, 0.717) is 23.6 Å². The van der Waals surface area contributed by atoms with Crippen LogP contribution >= 0.6 is 11.6 Å². The summed E-state index contributed by atoms with van der Waals surface area (Å²) in [5.74, 6) is -0.0410. The number of aryl methyl sites for hydroxylation is 1. The van der Waals surface area contributed by atoms with Crippen molar-refractivity contribution in [2.24, 2.45) is 5.73 Å². The fourth-order valence-corrected chi connectivity index (χ4v) is 1.71. The zero-order valence-corrected chi connectivity index (χ0v) is 9.67. The second kappa shape index (κ2) is 4.84. The highest BCUT2D eigenvalue weighted by molar-refractivity contribution is 6.33. The van der Waals surface area contributed by atoms with Crippen LogP contribution in [0.25, 0.3) is 0 Å². The maximum atomic E-state index is 9.77. The van der Waals surface area contributed by atoms with Gasteiger partial charge < -0.3 is 15.9 Å². The summed E-state index contributed by atoms with van der Waals surface area (Å²) in [6.07, 6.45) is -0.348. The lowest BCUT2D eigenvalue weighted by atomic mass is 9.99.